The summed E-state index contributed by atoms with van der Waals surface area (Å²) in [6.07, 6.45) is 0. The van der Waals surface area contributed by atoms with Crippen molar-refractivity contribution in [3.63, 3.8) is 0 Å². The molecule has 0 unspecified atom stereocenters. The lowest BCUT2D eigenvalue weighted by Crippen LogP contribution is -2.04. The van der Waals surface area contributed by atoms with Crippen molar-refractivity contribution in [2.24, 2.45) is 0 Å². The van der Waals surface area contributed by atoms with Gasteiger partial charge in [0.05, 0.1) is 4.92 Å². The molecule has 0 radical (unpaired) electrons. The average molecular weight is 284 g/mol. The number of benzene rings is 1. The number of hydrogen-bond acceptors (Lipinski definition) is 5. The van der Waals surface area contributed by atoms with Crippen LogP contribution in [0.1, 0.15) is 34.8 Å². The fraction of sp³-hybridized carbons (Fsp3) is 0.133. The molecule has 1 aromatic heterocycles. The maximum atomic E-state index is 11.5. The molecular weight excluding hydrogens is 272 g/mol. The van der Waals surface area contributed by atoms with Gasteiger partial charge in [-0.2, -0.15) is 0 Å². The number of carbonyl (C=O) groups is 2. The zero-order valence-electron chi connectivity index (χ0n) is 11.5. The molecule has 0 N–H and O–H groups in total. The highest BCUT2D eigenvalue weighted by atomic mass is 16.6. The van der Waals surface area contributed by atoms with Gasteiger partial charge >= 0.3 is 0 Å². The monoisotopic (exact) mass is 284 g/mol. The third-order valence-electron chi connectivity index (χ3n) is 2.96. The highest BCUT2D eigenvalue weighted by Crippen LogP contribution is 2.24. The van der Waals surface area contributed by atoms with Gasteiger partial charge in [0, 0.05) is 26.0 Å². The second kappa shape index (κ2) is 5.62. The van der Waals surface area contributed by atoms with Crippen molar-refractivity contribution in [1.29, 1.82) is 0 Å². The standard InChI is InChI=1S/C15H12N2O4/c1-9(18)14-7-12(8-15(16-14)10(2)19)11-3-5-13(6-4-11)17(20)21/h3-8H,1-2H3. The van der Waals surface area contributed by atoms with Crippen LogP contribution in [0.3, 0.4) is 0 Å². The summed E-state index contributed by atoms with van der Waals surface area (Å²) in [5.41, 5.74) is 1.65. The van der Waals surface area contributed by atoms with Gasteiger partial charge in [0.1, 0.15) is 11.4 Å². The van der Waals surface area contributed by atoms with E-state index in [9.17, 15) is 19.7 Å². The third kappa shape index (κ3) is 3.17. The summed E-state index contributed by atoms with van der Waals surface area (Å²) in [5.74, 6) is -0.498. The fourth-order valence-corrected chi connectivity index (χ4v) is 1.83. The van der Waals surface area contributed by atoms with E-state index in [1.54, 1.807) is 24.3 Å². The topological polar surface area (TPSA) is 90.2 Å². The summed E-state index contributed by atoms with van der Waals surface area (Å²) >= 11 is 0. The Morgan fingerprint density at radius 3 is 1.81 bits per heavy atom. The second-order valence-corrected chi connectivity index (χ2v) is 4.54. The van der Waals surface area contributed by atoms with Crippen molar-refractivity contribution in [3.05, 3.63) is 57.9 Å². The maximum absolute atomic E-state index is 11.5. The van der Waals surface area contributed by atoms with Crippen molar-refractivity contribution in [1.82, 2.24) is 4.98 Å². The molecule has 1 aromatic carbocycles. The van der Waals surface area contributed by atoms with E-state index in [2.05, 4.69) is 4.98 Å². The van der Waals surface area contributed by atoms with E-state index < -0.39 is 4.92 Å². The van der Waals surface area contributed by atoms with Crippen molar-refractivity contribution >= 4 is 17.3 Å². The molecule has 0 saturated heterocycles. The van der Waals surface area contributed by atoms with Crippen molar-refractivity contribution < 1.29 is 14.5 Å². The van der Waals surface area contributed by atoms with Gasteiger partial charge in [-0.1, -0.05) is 0 Å². The van der Waals surface area contributed by atoms with Crippen molar-refractivity contribution in [2.45, 2.75) is 13.8 Å². The Bertz CT molecular complexity index is 704. The summed E-state index contributed by atoms with van der Waals surface area (Å²) < 4.78 is 0. The summed E-state index contributed by atoms with van der Waals surface area (Å²) in [5, 5.41) is 10.6. The van der Waals surface area contributed by atoms with E-state index in [1.807, 2.05) is 0 Å². The molecule has 0 fully saturated rings. The first-order chi connectivity index (χ1) is 9.88. The normalized spacial score (nSPS) is 10.2. The molecule has 6 nitrogen and oxygen atoms in total. The number of nitro groups is 1. The molecule has 0 atom stereocenters. The number of ketones is 2. The van der Waals surface area contributed by atoms with Crippen LogP contribution in [-0.4, -0.2) is 21.5 Å². The zero-order chi connectivity index (χ0) is 15.6. The Balaban J connectivity index is 2.54. The smallest absolute Gasteiger partial charge is 0.269 e. The minimum Gasteiger partial charge on any atom is -0.293 e. The number of hydrogen-bond donors (Lipinski definition) is 0. The molecule has 1 heterocycles. The van der Waals surface area contributed by atoms with Crippen molar-refractivity contribution in [2.75, 3.05) is 0 Å². The quantitative estimate of drug-likeness (QED) is 0.489. The van der Waals surface area contributed by atoms with Crippen LogP contribution in [0, 0.1) is 10.1 Å². The molecule has 0 spiro atoms. The maximum Gasteiger partial charge on any atom is 0.269 e. The van der Waals surface area contributed by atoms with E-state index >= 15 is 0 Å². The SMILES string of the molecule is CC(=O)c1cc(-c2ccc([N+](=O)[O-])cc2)cc(C(C)=O)n1. The molecule has 106 valence electrons. The van der Waals surface area contributed by atoms with Crippen LogP contribution >= 0.6 is 0 Å². The summed E-state index contributed by atoms with van der Waals surface area (Å²) in [4.78, 5) is 37.1. The first kappa shape index (κ1) is 14.5. The van der Waals surface area contributed by atoms with Gasteiger partial charge in [-0.05, 0) is 35.4 Å². The molecule has 0 amide bonds. The van der Waals surface area contributed by atoms with E-state index in [4.69, 9.17) is 0 Å². The van der Waals surface area contributed by atoms with Crippen LogP contribution in [0.2, 0.25) is 0 Å². The minimum absolute atomic E-state index is 0.0219. The van der Waals surface area contributed by atoms with Gasteiger partial charge in [0.2, 0.25) is 0 Å². The van der Waals surface area contributed by atoms with Crippen LogP contribution in [0.5, 0.6) is 0 Å². The van der Waals surface area contributed by atoms with Crippen LogP contribution in [0.25, 0.3) is 11.1 Å². The average Bonchev–Trinajstić information content (AvgIpc) is 2.46. The highest BCUT2D eigenvalue weighted by Gasteiger charge is 2.12. The Kier molecular flexibility index (Phi) is 3.89. The molecule has 0 bridgehead atoms. The number of pyridine rings is 1. The molecule has 0 aliphatic rings. The molecule has 2 rings (SSSR count). The van der Waals surface area contributed by atoms with Gasteiger partial charge < -0.3 is 0 Å². The minimum atomic E-state index is -0.488. The van der Waals surface area contributed by atoms with Gasteiger partial charge in [-0.15, -0.1) is 0 Å². The number of carbonyl (C=O) groups excluding carboxylic acids is 2. The zero-order valence-corrected chi connectivity index (χ0v) is 11.5. The molecule has 2 aromatic rings. The Hall–Kier alpha value is -2.89. The van der Waals surface area contributed by atoms with Crippen LogP contribution < -0.4 is 0 Å². The van der Waals surface area contributed by atoms with E-state index in [-0.39, 0.29) is 28.6 Å². The summed E-state index contributed by atoms with van der Waals surface area (Å²) in [7, 11) is 0. The van der Waals surface area contributed by atoms with Gasteiger partial charge in [-0.3, -0.25) is 19.7 Å². The lowest BCUT2D eigenvalue weighted by atomic mass is 10.0. The summed E-state index contributed by atoms with van der Waals surface area (Å²) in [6, 6.07) is 9.02. The van der Waals surface area contributed by atoms with Gasteiger partial charge in [0.15, 0.2) is 11.6 Å². The molecule has 0 aliphatic heterocycles. The van der Waals surface area contributed by atoms with Gasteiger partial charge in [-0.25, -0.2) is 4.98 Å². The predicted octanol–water partition coefficient (Wildman–Crippen LogP) is 3.06. The number of aromatic nitrogens is 1. The van der Waals surface area contributed by atoms with E-state index in [0.29, 0.717) is 11.1 Å². The van der Waals surface area contributed by atoms with Crippen molar-refractivity contribution in [3.8, 4) is 11.1 Å². The largest absolute Gasteiger partial charge is 0.293 e. The Morgan fingerprint density at radius 2 is 1.43 bits per heavy atom. The lowest BCUT2D eigenvalue weighted by Gasteiger charge is -2.06. The molecule has 6 heteroatoms. The first-order valence-electron chi connectivity index (χ1n) is 6.17. The lowest BCUT2D eigenvalue weighted by molar-refractivity contribution is -0.384. The molecule has 0 aliphatic carbocycles. The Morgan fingerprint density at radius 1 is 0.952 bits per heavy atom. The van der Waals surface area contributed by atoms with Gasteiger partial charge in [0.25, 0.3) is 5.69 Å². The Labute approximate surface area is 120 Å². The van der Waals surface area contributed by atoms with Crippen LogP contribution in [-0.2, 0) is 0 Å². The van der Waals surface area contributed by atoms with E-state index in [0.717, 1.165) is 0 Å². The van der Waals surface area contributed by atoms with Crippen LogP contribution in [0.15, 0.2) is 36.4 Å². The number of nitro benzene ring substituents is 1. The number of nitrogens with zero attached hydrogens (tertiary/aromatic N) is 2. The fourth-order valence-electron chi connectivity index (χ4n) is 1.83. The third-order valence-corrected chi connectivity index (χ3v) is 2.96. The molecule has 0 saturated carbocycles. The first-order valence-corrected chi connectivity index (χ1v) is 6.17. The highest BCUT2D eigenvalue weighted by molar-refractivity contribution is 5.98. The number of rotatable bonds is 4. The summed E-state index contributed by atoms with van der Waals surface area (Å²) in [6.45, 7) is 2.73. The second-order valence-electron chi connectivity index (χ2n) is 4.54. The number of non-ortho nitro benzene ring substituents is 1. The van der Waals surface area contributed by atoms with Crippen LogP contribution in [0.4, 0.5) is 5.69 Å². The number of Topliss-reactive ketones (excluding diaryl/α,β-unsaturated/α-hetero) is 2. The predicted molar refractivity (Wildman–Crippen MR) is 76.3 cm³/mol. The molecular formula is C15H12N2O4. The molecule has 21 heavy (non-hydrogen) atoms. The van der Waals surface area contributed by atoms with E-state index in [1.165, 1.54) is 26.0 Å².